The molecular weight excluding hydrogens is 186 g/mol. The highest BCUT2D eigenvalue weighted by Crippen LogP contribution is 2.24. The molecule has 1 aliphatic rings. The lowest BCUT2D eigenvalue weighted by Crippen LogP contribution is -2.28. The number of phenols is 1. The summed E-state index contributed by atoms with van der Waals surface area (Å²) in [5.74, 6) is 1.22. The molecule has 1 heterocycles. The van der Waals surface area contributed by atoms with E-state index in [9.17, 15) is 5.11 Å². The molecule has 1 fully saturated rings. The van der Waals surface area contributed by atoms with Crippen LogP contribution >= 0.6 is 0 Å². The van der Waals surface area contributed by atoms with E-state index in [0.29, 0.717) is 5.75 Å². The molecule has 0 atom stereocenters. The summed E-state index contributed by atoms with van der Waals surface area (Å²) in [6.45, 7) is 4.29. The minimum absolute atomic E-state index is 0.432. The number of nitrogens with one attached hydrogen (secondary N) is 1. The molecule has 0 unspecified atom stereocenters. The van der Waals surface area contributed by atoms with Crippen molar-refractivity contribution in [3.63, 3.8) is 0 Å². The fourth-order valence-corrected chi connectivity index (χ4v) is 2.29. The van der Waals surface area contributed by atoms with Crippen molar-refractivity contribution in [2.75, 3.05) is 13.1 Å². The lowest BCUT2D eigenvalue weighted by atomic mass is 9.89. The van der Waals surface area contributed by atoms with Gasteiger partial charge in [-0.05, 0) is 62.4 Å². The maximum atomic E-state index is 9.62. The molecule has 2 nitrogen and oxygen atoms in total. The number of phenolic OH excluding ortho intramolecular Hbond substituents is 1. The Bertz CT molecular complexity index is 329. The van der Waals surface area contributed by atoms with Gasteiger partial charge in [0, 0.05) is 0 Å². The third kappa shape index (κ3) is 2.51. The monoisotopic (exact) mass is 205 g/mol. The molecule has 0 bridgehead atoms. The predicted molar refractivity (Wildman–Crippen MR) is 62.1 cm³/mol. The first-order chi connectivity index (χ1) is 7.27. The normalized spacial score (nSPS) is 17.9. The molecule has 0 amide bonds. The largest absolute Gasteiger partial charge is 0.508 e. The molecule has 2 heteroatoms. The van der Waals surface area contributed by atoms with Crippen LogP contribution in [0.1, 0.15) is 24.0 Å². The smallest absolute Gasteiger partial charge is 0.118 e. The zero-order valence-corrected chi connectivity index (χ0v) is 9.29. The standard InChI is InChI=1S/C13H19NO/c1-10-12(3-2-4-13(10)15)9-11-5-7-14-8-6-11/h2-4,11,14-15H,5-9H2,1H3. The van der Waals surface area contributed by atoms with Crippen LogP contribution in [-0.4, -0.2) is 18.2 Å². The molecule has 0 aromatic heterocycles. The van der Waals surface area contributed by atoms with Crippen molar-refractivity contribution >= 4 is 0 Å². The molecular formula is C13H19NO. The van der Waals surface area contributed by atoms with Gasteiger partial charge in [0.1, 0.15) is 5.75 Å². The summed E-state index contributed by atoms with van der Waals surface area (Å²) in [6, 6.07) is 5.84. The van der Waals surface area contributed by atoms with Crippen LogP contribution in [0.5, 0.6) is 5.75 Å². The second kappa shape index (κ2) is 4.67. The number of hydrogen-bond acceptors (Lipinski definition) is 2. The first-order valence-corrected chi connectivity index (χ1v) is 5.75. The van der Waals surface area contributed by atoms with E-state index in [1.165, 1.54) is 18.4 Å². The average Bonchev–Trinajstić information content (AvgIpc) is 2.26. The zero-order chi connectivity index (χ0) is 10.7. The molecule has 0 radical (unpaired) electrons. The van der Waals surface area contributed by atoms with Crippen molar-refractivity contribution in [2.45, 2.75) is 26.2 Å². The first kappa shape index (κ1) is 10.5. The van der Waals surface area contributed by atoms with Crippen LogP contribution in [0.2, 0.25) is 0 Å². The van der Waals surface area contributed by atoms with E-state index in [1.54, 1.807) is 6.07 Å². The minimum Gasteiger partial charge on any atom is -0.508 e. The highest BCUT2D eigenvalue weighted by Gasteiger charge is 2.14. The lowest BCUT2D eigenvalue weighted by Gasteiger charge is -2.23. The number of rotatable bonds is 2. The third-order valence-electron chi connectivity index (χ3n) is 3.38. The lowest BCUT2D eigenvalue weighted by molar-refractivity contribution is 0.371. The molecule has 0 saturated carbocycles. The van der Waals surface area contributed by atoms with Gasteiger partial charge < -0.3 is 10.4 Å². The van der Waals surface area contributed by atoms with Crippen molar-refractivity contribution < 1.29 is 5.11 Å². The molecule has 1 aromatic carbocycles. The summed E-state index contributed by atoms with van der Waals surface area (Å²) in [5.41, 5.74) is 2.36. The third-order valence-corrected chi connectivity index (χ3v) is 3.38. The van der Waals surface area contributed by atoms with E-state index < -0.39 is 0 Å². The molecule has 1 aromatic rings. The van der Waals surface area contributed by atoms with Gasteiger partial charge in [-0.2, -0.15) is 0 Å². The molecule has 0 spiro atoms. The number of hydrogen-bond donors (Lipinski definition) is 2. The van der Waals surface area contributed by atoms with Crippen molar-refractivity contribution in [2.24, 2.45) is 5.92 Å². The van der Waals surface area contributed by atoms with E-state index in [2.05, 4.69) is 11.4 Å². The zero-order valence-electron chi connectivity index (χ0n) is 9.29. The summed E-state index contributed by atoms with van der Waals surface area (Å²) in [5, 5.41) is 13.0. The van der Waals surface area contributed by atoms with Gasteiger partial charge in [-0.1, -0.05) is 12.1 Å². The second-order valence-corrected chi connectivity index (χ2v) is 4.46. The molecule has 2 rings (SSSR count). The van der Waals surface area contributed by atoms with E-state index >= 15 is 0 Å². The van der Waals surface area contributed by atoms with Crippen LogP contribution in [0.4, 0.5) is 0 Å². The van der Waals surface area contributed by atoms with E-state index in [-0.39, 0.29) is 0 Å². The highest BCUT2D eigenvalue weighted by atomic mass is 16.3. The summed E-state index contributed by atoms with van der Waals surface area (Å²) < 4.78 is 0. The quantitative estimate of drug-likeness (QED) is 0.776. The van der Waals surface area contributed by atoms with Crippen molar-refractivity contribution in [1.82, 2.24) is 5.32 Å². The van der Waals surface area contributed by atoms with Crippen LogP contribution in [0.15, 0.2) is 18.2 Å². The number of benzene rings is 1. The summed E-state index contributed by atoms with van der Waals surface area (Å²) >= 11 is 0. The fraction of sp³-hybridized carbons (Fsp3) is 0.538. The molecule has 1 aliphatic heterocycles. The van der Waals surface area contributed by atoms with Crippen LogP contribution in [0.3, 0.4) is 0 Å². The Labute approximate surface area is 91.3 Å². The van der Waals surface area contributed by atoms with Crippen LogP contribution in [0, 0.1) is 12.8 Å². The van der Waals surface area contributed by atoms with Crippen LogP contribution in [0.25, 0.3) is 0 Å². The summed E-state index contributed by atoms with van der Waals surface area (Å²) in [6.07, 6.45) is 3.63. The van der Waals surface area contributed by atoms with Crippen LogP contribution < -0.4 is 5.32 Å². The van der Waals surface area contributed by atoms with Gasteiger partial charge in [-0.15, -0.1) is 0 Å². The van der Waals surface area contributed by atoms with Gasteiger partial charge in [0.25, 0.3) is 0 Å². The minimum atomic E-state index is 0.432. The summed E-state index contributed by atoms with van der Waals surface area (Å²) in [7, 11) is 0. The Balaban J connectivity index is 2.06. The SMILES string of the molecule is Cc1c(O)cccc1CC1CCNCC1. The maximum absolute atomic E-state index is 9.62. The Kier molecular flexibility index (Phi) is 3.27. The summed E-state index contributed by atoms with van der Waals surface area (Å²) in [4.78, 5) is 0. The molecule has 2 N–H and O–H groups in total. The second-order valence-electron chi connectivity index (χ2n) is 4.46. The van der Waals surface area contributed by atoms with Gasteiger partial charge in [0.05, 0.1) is 0 Å². The average molecular weight is 205 g/mol. The fourth-order valence-electron chi connectivity index (χ4n) is 2.29. The predicted octanol–water partition coefficient (Wildman–Crippen LogP) is 2.24. The molecule has 82 valence electrons. The Hall–Kier alpha value is -1.02. The molecule has 0 aliphatic carbocycles. The van der Waals surface area contributed by atoms with Gasteiger partial charge in [0.15, 0.2) is 0 Å². The molecule has 1 saturated heterocycles. The van der Waals surface area contributed by atoms with E-state index in [1.807, 2.05) is 13.0 Å². The Morgan fingerprint density at radius 3 is 2.80 bits per heavy atom. The van der Waals surface area contributed by atoms with Crippen LogP contribution in [-0.2, 0) is 6.42 Å². The van der Waals surface area contributed by atoms with E-state index in [0.717, 1.165) is 31.0 Å². The van der Waals surface area contributed by atoms with Gasteiger partial charge in [-0.25, -0.2) is 0 Å². The van der Waals surface area contributed by atoms with Crippen molar-refractivity contribution in [3.8, 4) is 5.75 Å². The molecule has 15 heavy (non-hydrogen) atoms. The number of piperidine rings is 1. The Morgan fingerprint density at radius 1 is 1.33 bits per heavy atom. The highest BCUT2D eigenvalue weighted by molar-refractivity contribution is 5.38. The van der Waals surface area contributed by atoms with Gasteiger partial charge >= 0.3 is 0 Å². The topological polar surface area (TPSA) is 32.3 Å². The van der Waals surface area contributed by atoms with E-state index in [4.69, 9.17) is 0 Å². The number of aromatic hydroxyl groups is 1. The van der Waals surface area contributed by atoms with Crippen molar-refractivity contribution in [1.29, 1.82) is 0 Å². The van der Waals surface area contributed by atoms with Crippen molar-refractivity contribution in [3.05, 3.63) is 29.3 Å². The Morgan fingerprint density at radius 2 is 2.07 bits per heavy atom. The first-order valence-electron chi connectivity index (χ1n) is 5.75. The van der Waals surface area contributed by atoms with Gasteiger partial charge in [0.2, 0.25) is 0 Å². The maximum Gasteiger partial charge on any atom is 0.118 e. The van der Waals surface area contributed by atoms with Gasteiger partial charge in [-0.3, -0.25) is 0 Å².